The molecule has 0 saturated carbocycles. The van der Waals surface area contributed by atoms with Gasteiger partial charge in [-0.25, -0.2) is 0 Å². The van der Waals surface area contributed by atoms with Gasteiger partial charge in [-0.1, -0.05) is 13.3 Å². The van der Waals surface area contributed by atoms with Crippen LogP contribution in [0.25, 0.3) is 0 Å². The first-order valence-electron chi connectivity index (χ1n) is 5.98. The number of aromatic nitrogens is 2. The van der Waals surface area contributed by atoms with Crippen LogP contribution in [0.15, 0.2) is 12.3 Å². The average molecular weight is 231 g/mol. The second-order valence-corrected chi connectivity index (χ2v) is 4.45. The smallest absolute Gasteiger partial charge is 0.169 e. The Bertz CT molecular complexity index is 425. The van der Waals surface area contributed by atoms with Crippen molar-refractivity contribution in [1.29, 1.82) is 5.26 Å². The molecule has 1 saturated heterocycles. The fourth-order valence-corrected chi connectivity index (χ4v) is 2.32. The molecule has 0 spiro atoms. The van der Waals surface area contributed by atoms with Crippen molar-refractivity contribution in [2.45, 2.75) is 25.8 Å². The summed E-state index contributed by atoms with van der Waals surface area (Å²) in [4.78, 5) is 2.13. The summed E-state index contributed by atoms with van der Waals surface area (Å²) in [7, 11) is 0. The first kappa shape index (κ1) is 11.8. The van der Waals surface area contributed by atoms with Crippen LogP contribution in [0.4, 0.5) is 5.82 Å². The highest BCUT2D eigenvalue weighted by atomic mass is 15.3. The van der Waals surface area contributed by atoms with Gasteiger partial charge < -0.3 is 10.6 Å². The van der Waals surface area contributed by atoms with Gasteiger partial charge in [0.25, 0.3) is 0 Å². The summed E-state index contributed by atoms with van der Waals surface area (Å²) in [5, 5.41) is 17.0. The number of hydrogen-bond acceptors (Lipinski definition) is 5. The minimum absolute atomic E-state index is 0.262. The quantitative estimate of drug-likeness (QED) is 0.818. The van der Waals surface area contributed by atoms with Crippen molar-refractivity contribution >= 4 is 5.82 Å². The van der Waals surface area contributed by atoms with E-state index in [9.17, 15) is 0 Å². The number of nitrogens with two attached hydrogens (primary N) is 1. The maximum Gasteiger partial charge on any atom is 0.169 e. The number of nitrogens with zero attached hydrogens (tertiary/aromatic N) is 4. The van der Waals surface area contributed by atoms with E-state index in [-0.39, 0.29) is 6.04 Å². The fraction of sp³-hybridized carbons (Fsp3) is 0.583. The zero-order valence-corrected chi connectivity index (χ0v) is 10.0. The van der Waals surface area contributed by atoms with Crippen molar-refractivity contribution in [3.8, 4) is 6.07 Å². The van der Waals surface area contributed by atoms with Gasteiger partial charge in [-0.05, 0) is 18.4 Å². The lowest BCUT2D eigenvalue weighted by Crippen LogP contribution is -2.47. The van der Waals surface area contributed by atoms with Crippen molar-refractivity contribution in [1.82, 2.24) is 10.2 Å². The number of rotatable bonds is 2. The van der Waals surface area contributed by atoms with Crippen LogP contribution >= 0.6 is 0 Å². The molecule has 5 heteroatoms. The molecule has 2 unspecified atom stereocenters. The summed E-state index contributed by atoms with van der Waals surface area (Å²) in [5.41, 5.74) is 6.66. The standard InChI is InChI=1S/C12H17N5/c1-2-9-8-17(6-4-11(9)14)12-10(7-13)3-5-15-16-12/h3,5,9,11H,2,4,6,8,14H2,1H3. The Kier molecular flexibility index (Phi) is 3.55. The Morgan fingerprint density at radius 3 is 3.18 bits per heavy atom. The number of anilines is 1. The molecule has 2 heterocycles. The summed E-state index contributed by atoms with van der Waals surface area (Å²) in [5.74, 6) is 1.16. The van der Waals surface area contributed by atoms with E-state index in [1.165, 1.54) is 0 Å². The predicted octanol–water partition coefficient (Wildman–Crippen LogP) is 0.912. The predicted molar refractivity (Wildman–Crippen MR) is 65.3 cm³/mol. The maximum absolute atomic E-state index is 9.06. The van der Waals surface area contributed by atoms with Crippen LogP contribution in [0.5, 0.6) is 0 Å². The van der Waals surface area contributed by atoms with Crippen LogP contribution in [0.2, 0.25) is 0 Å². The van der Waals surface area contributed by atoms with Crippen LogP contribution in [0.3, 0.4) is 0 Å². The molecule has 0 aliphatic carbocycles. The van der Waals surface area contributed by atoms with Gasteiger partial charge in [0.15, 0.2) is 5.82 Å². The third kappa shape index (κ3) is 2.37. The van der Waals surface area contributed by atoms with E-state index in [1.807, 2.05) is 0 Å². The lowest BCUT2D eigenvalue weighted by Gasteiger charge is -2.37. The summed E-state index contributed by atoms with van der Waals surface area (Å²) in [6, 6.07) is 4.13. The second-order valence-electron chi connectivity index (χ2n) is 4.45. The third-order valence-corrected chi connectivity index (χ3v) is 3.44. The molecule has 90 valence electrons. The average Bonchev–Trinajstić information content (AvgIpc) is 2.39. The first-order chi connectivity index (χ1) is 8.26. The summed E-state index contributed by atoms with van der Waals surface area (Å²) < 4.78 is 0. The van der Waals surface area contributed by atoms with Gasteiger partial charge in [-0.3, -0.25) is 0 Å². The fourth-order valence-electron chi connectivity index (χ4n) is 2.32. The molecule has 1 fully saturated rings. The molecule has 0 amide bonds. The van der Waals surface area contributed by atoms with Gasteiger partial charge in [-0.2, -0.15) is 10.4 Å². The molecule has 2 rings (SSSR count). The highest BCUT2D eigenvalue weighted by Gasteiger charge is 2.27. The van der Waals surface area contributed by atoms with Gasteiger partial charge in [-0.15, -0.1) is 5.10 Å². The molecule has 0 aromatic carbocycles. The Hall–Kier alpha value is -1.67. The van der Waals surface area contributed by atoms with E-state index < -0.39 is 0 Å². The lowest BCUT2D eigenvalue weighted by molar-refractivity contribution is 0.346. The minimum atomic E-state index is 0.262. The second kappa shape index (κ2) is 5.11. The molecular weight excluding hydrogens is 214 g/mol. The van der Waals surface area contributed by atoms with Crippen molar-refractivity contribution < 1.29 is 0 Å². The van der Waals surface area contributed by atoms with E-state index in [1.54, 1.807) is 12.3 Å². The highest BCUT2D eigenvalue weighted by Crippen LogP contribution is 2.24. The number of hydrogen-bond donors (Lipinski definition) is 1. The van der Waals surface area contributed by atoms with E-state index in [0.29, 0.717) is 17.3 Å². The van der Waals surface area contributed by atoms with Crippen LogP contribution in [-0.4, -0.2) is 29.3 Å². The van der Waals surface area contributed by atoms with E-state index >= 15 is 0 Å². The molecular formula is C12H17N5. The van der Waals surface area contributed by atoms with Crippen molar-refractivity contribution in [2.75, 3.05) is 18.0 Å². The topological polar surface area (TPSA) is 78.8 Å². The monoisotopic (exact) mass is 231 g/mol. The zero-order chi connectivity index (χ0) is 12.3. The van der Waals surface area contributed by atoms with Gasteiger partial charge in [0.1, 0.15) is 6.07 Å². The van der Waals surface area contributed by atoms with Gasteiger partial charge >= 0.3 is 0 Å². The molecule has 2 N–H and O–H groups in total. The Morgan fingerprint density at radius 2 is 2.47 bits per heavy atom. The van der Waals surface area contributed by atoms with Gasteiger partial charge in [0.05, 0.1) is 11.8 Å². The molecule has 0 bridgehead atoms. The number of nitriles is 1. The Morgan fingerprint density at radius 1 is 1.65 bits per heavy atom. The van der Waals surface area contributed by atoms with Gasteiger partial charge in [0.2, 0.25) is 0 Å². The summed E-state index contributed by atoms with van der Waals surface area (Å²) >= 11 is 0. The van der Waals surface area contributed by atoms with E-state index in [0.717, 1.165) is 25.9 Å². The van der Waals surface area contributed by atoms with Crippen molar-refractivity contribution in [3.05, 3.63) is 17.8 Å². The molecule has 1 aromatic heterocycles. The molecule has 5 nitrogen and oxygen atoms in total. The molecule has 1 aliphatic rings. The molecule has 1 aliphatic heterocycles. The largest absolute Gasteiger partial charge is 0.354 e. The first-order valence-corrected chi connectivity index (χ1v) is 5.98. The molecule has 0 radical (unpaired) electrons. The van der Waals surface area contributed by atoms with Crippen LogP contribution in [-0.2, 0) is 0 Å². The zero-order valence-electron chi connectivity index (χ0n) is 10.0. The van der Waals surface area contributed by atoms with Crippen LogP contribution < -0.4 is 10.6 Å². The van der Waals surface area contributed by atoms with Crippen molar-refractivity contribution in [2.24, 2.45) is 11.7 Å². The Balaban J connectivity index is 2.21. The van der Waals surface area contributed by atoms with Crippen LogP contribution in [0.1, 0.15) is 25.3 Å². The molecule has 17 heavy (non-hydrogen) atoms. The van der Waals surface area contributed by atoms with Crippen LogP contribution in [0, 0.1) is 17.2 Å². The minimum Gasteiger partial charge on any atom is -0.354 e. The number of piperidine rings is 1. The molecule has 2 atom stereocenters. The van der Waals surface area contributed by atoms with Crippen molar-refractivity contribution in [3.63, 3.8) is 0 Å². The normalized spacial score (nSPS) is 24.4. The highest BCUT2D eigenvalue weighted by molar-refractivity contribution is 5.52. The van der Waals surface area contributed by atoms with E-state index in [4.69, 9.17) is 11.0 Å². The maximum atomic E-state index is 9.06. The van der Waals surface area contributed by atoms with Gasteiger partial charge in [0, 0.05) is 19.1 Å². The summed E-state index contributed by atoms with van der Waals surface area (Å²) in [6.07, 6.45) is 3.55. The third-order valence-electron chi connectivity index (χ3n) is 3.44. The SMILES string of the molecule is CCC1CN(c2nnccc2C#N)CCC1N. The Labute approximate surface area is 101 Å². The summed E-state index contributed by atoms with van der Waals surface area (Å²) in [6.45, 7) is 3.87. The lowest BCUT2D eigenvalue weighted by atomic mass is 9.90. The molecule has 1 aromatic rings. The van der Waals surface area contributed by atoms with E-state index in [2.05, 4.69) is 28.1 Å².